The van der Waals surface area contributed by atoms with Gasteiger partial charge in [0.2, 0.25) is 0 Å². The normalized spacial score (nSPS) is 28.2. The molecule has 1 unspecified atom stereocenters. The molecule has 1 aliphatic heterocycles. The van der Waals surface area contributed by atoms with Crippen molar-refractivity contribution < 1.29 is 14.2 Å². The van der Waals surface area contributed by atoms with E-state index in [0.717, 1.165) is 6.42 Å². The predicted molar refractivity (Wildman–Crippen MR) is 55.6 cm³/mol. The highest BCUT2D eigenvalue weighted by molar-refractivity contribution is 7.54. The molecule has 0 aromatic rings. The second kappa shape index (κ2) is 6.05. The van der Waals surface area contributed by atoms with Gasteiger partial charge in [-0.25, -0.2) is 9.76 Å². The average Bonchev–Trinajstić information content (AvgIpc) is 2.19. The lowest BCUT2D eigenvalue weighted by atomic mass is 10.5. The molecular formula is C7H16ClN2O3P. The highest BCUT2D eigenvalue weighted by Gasteiger charge is 2.32. The molecule has 1 atom stereocenters. The van der Waals surface area contributed by atoms with Crippen molar-refractivity contribution in [1.29, 1.82) is 0 Å². The van der Waals surface area contributed by atoms with E-state index in [0.29, 0.717) is 32.1 Å². The maximum Gasteiger partial charge on any atom is 0.343 e. The standard InChI is InChI=1S/C7H16ClN2O3P/c8-2-4-10(5-6-11)14(12)9-3-1-7-13-14/h11H,1-7H2,(H,9,12). The molecule has 2 N–H and O–H groups in total. The van der Waals surface area contributed by atoms with Crippen LogP contribution < -0.4 is 5.09 Å². The smallest absolute Gasteiger partial charge is 0.343 e. The first-order valence-corrected chi connectivity index (χ1v) is 6.76. The number of hydrogen-bond donors (Lipinski definition) is 2. The van der Waals surface area contributed by atoms with Crippen LogP contribution in [0.1, 0.15) is 6.42 Å². The molecule has 0 saturated carbocycles. The summed E-state index contributed by atoms with van der Waals surface area (Å²) < 4.78 is 19.0. The molecule has 0 aromatic heterocycles. The summed E-state index contributed by atoms with van der Waals surface area (Å²) in [6.07, 6.45) is 0.859. The third-order valence-electron chi connectivity index (χ3n) is 1.97. The Morgan fingerprint density at radius 3 is 2.86 bits per heavy atom. The van der Waals surface area contributed by atoms with Gasteiger partial charge in [0.1, 0.15) is 0 Å². The largest absolute Gasteiger partial charge is 0.395 e. The molecule has 5 nitrogen and oxygen atoms in total. The zero-order valence-electron chi connectivity index (χ0n) is 7.99. The van der Waals surface area contributed by atoms with E-state index < -0.39 is 7.67 Å². The van der Waals surface area contributed by atoms with Crippen molar-refractivity contribution in [3.8, 4) is 0 Å². The van der Waals surface area contributed by atoms with Gasteiger partial charge in [0.15, 0.2) is 0 Å². The van der Waals surface area contributed by atoms with Crippen LogP contribution >= 0.6 is 19.3 Å². The molecule has 7 heteroatoms. The summed E-state index contributed by atoms with van der Waals surface area (Å²) in [4.78, 5) is 0. The molecular weight excluding hydrogens is 227 g/mol. The minimum atomic E-state index is -2.92. The first-order chi connectivity index (χ1) is 6.73. The van der Waals surface area contributed by atoms with Gasteiger partial charge in [-0.2, -0.15) is 0 Å². The molecule has 0 amide bonds. The van der Waals surface area contributed by atoms with E-state index in [4.69, 9.17) is 21.2 Å². The van der Waals surface area contributed by atoms with Gasteiger partial charge in [-0.3, -0.25) is 4.57 Å². The van der Waals surface area contributed by atoms with Crippen molar-refractivity contribution in [3.63, 3.8) is 0 Å². The quantitative estimate of drug-likeness (QED) is 0.547. The fourth-order valence-corrected chi connectivity index (χ4v) is 3.61. The number of halogens is 1. The van der Waals surface area contributed by atoms with Crippen molar-refractivity contribution >= 4 is 19.3 Å². The summed E-state index contributed by atoms with van der Waals surface area (Å²) >= 11 is 5.59. The molecule has 0 aliphatic carbocycles. The number of nitrogens with one attached hydrogen (secondary N) is 1. The number of rotatable bonds is 5. The SMILES string of the molecule is O=P1(N(CCO)CCCl)NCCCO1. The van der Waals surface area contributed by atoms with Crippen LogP contribution in [0.15, 0.2) is 0 Å². The first-order valence-electron chi connectivity index (χ1n) is 4.65. The van der Waals surface area contributed by atoms with Gasteiger partial charge in [-0.1, -0.05) is 0 Å². The van der Waals surface area contributed by atoms with Crippen LogP contribution in [0.25, 0.3) is 0 Å². The molecule has 1 saturated heterocycles. The van der Waals surface area contributed by atoms with E-state index in [9.17, 15) is 4.57 Å². The highest BCUT2D eigenvalue weighted by Crippen LogP contribution is 2.47. The topological polar surface area (TPSA) is 61.8 Å². The zero-order valence-corrected chi connectivity index (χ0v) is 9.64. The lowest BCUT2D eigenvalue weighted by Gasteiger charge is -2.33. The molecule has 1 fully saturated rings. The predicted octanol–water partition coefficient (Wildman–Crippen LogP) is 0.637. The number of hydrogen-bond acceptors (Lipinski definition) is 3. The van der Waals surface area contributed by atoms with Crippen LogP contribution in [0.2, 0.25) is 0 Å². The molecule has 0 bridgehead atoms. The second-order valence-corrected chi connectivity index (χ2v) is 5.54. The molecule has 0 spiro atoms. The molecule has 84 valence electrons. The van der Waals surface area contributed by atoms with Gasteiger partial charge < -0.3 is 9.63 Å². The third kappa shape index (κ3) is 3.19. The summed E-state index contributed by atoms with van der Waals surface area (Å²) in [7, 11) is -2.92. The average molecular weight is 243 g/mol. The van der Waals surface area contributed by atoms with Crippen LogP contribution in [0.3, 0.4) is 0 Å². The van der Waals surface area contributed by atoms with E-state index in [1.54, 1.807) is 4.67 Å². The maximum absolute atomic E-state index is 12.1. The second-order valence-electron chi connectivity index (χ2n) is 2.98. The summed E-state index contributed by atoms with van der Waals surface area (Å²) in [5.74, 6) is 0.370. The van der Waals surface area contributed by atoms with Gasteiger partial charge in [0.25, 0.3) is 0 Å². The minimum Gasteiger partial charge on any atom is -0.395 e. The van der Waals surface area contributed by atoms with Crippen molar-refractivity contribution in [1.82, 2.24) is 9.76 Å². The van der Waals surface area contributed by atoms with Crippen LogP contribution in [-0.4, -0.2) is 48.5 Å². The third-order valence-corrected chi connectivity index (χ3v) is 4.44. The fourth-order valence-electron chi connectivity index (χ4n) is 1.30. The molecule has 0 aromatic carbocycles. The van der Waals surface area contributed by atoms with Crippen molar-refractivity contribution in [3.05, 3.63) is 0 Å². The van der Waals surface area contributed by atoms with E-state index in [-0.39, 0.29) is 6.61 Å². The van der Waals surface area contributed by atoms with E-state index in [2.05, 4.69) is 5.09 Å². The van der Waals surface area contributed by atoms with E-state index in [1.165, 1.54) is 0 Å². The van der Waals surface area contributed by atoms with E-state index in [1.807, 2.05) is 0 Å². The Bertz CT molecular complexity index is 201. The molecule has 14 heavy (non-hydrogen) atoms. The number of nitrogens with zero attached hydrogens (tertiary/aromatic N) is 1. The lowest BCUT2D eigenvalue weighted by molar-refractivity contribution is 0.203. The Hall–Kier alpha value is 0.360. The Kier molecular flexibility index (Phi) is 5.38. The van der Waals surface area contributed by atoms with Crippen LogP contribution in [0.4, 0.5) is 0 Å². The summed E-state index contributed by atoms with van der Waals surface area (Å²) in [5.41, 5.74) is 0. The molecule has 1 rings (SSSR count). The Labute approximate surface area is 88.9 Å². The number of alkyl halides is 1. The molecule has 1 heterocycles. The fraction of sp³-hybridized carbons (Fsp3) is 1.00. The zero-order chi connectivity index (χ0) is 10.4. The Balaban J connectivity index is 2.58. The molecule has 0 radical (unpaired) electrons. The lowest BCUT2D eigenvalue weighted by Crippen LogP contribution is -2.36. The summed E-state index contributed by atoms with van der Waals surface area (Å²) in [6.45, 7) is 1.89. The van der Waals surface area contributed by atoms with Gasteiger partial charge >= 0.3 is 7.67 Å². The Morgan fingerprint density at radius 1 is 1.57 bits per heavy atom. The number of aliphatic hydroxyl groups excluding tert-OH is 1. The van der Waals surface area contributed by atoms with Crippen LogP contribution in [-0.2, 0) is 9.09 Å². The number of aliphatic hydroxyl groups is 1. The minimum absolute atomic E-state index is 0.0497. The monoisotopic (exact) mass is 242 g/mol. The first kappa shape index (κ1) is 12.4. The van der Waals surface area contributed by atoms with Gasteiger partial charge in [0.05, 0.1) is 13.2 Å². The van der Waals surface area contributed by atoms with Crippen molar-refractivity contribution in [2.45, 2.75) is 6.42 Å². The van der Waals surface area contributed by atoms with Crippen LogP contribution in [0, 0.1) is 0 Å². The summed E-state index contributed by atoms with van der Waals surface area (Å²) in [6, 6.07) is 0. The van der Waals surface area contributed by atoms with Crippen LogP contribution in [0.5, 0.6) is 0 Å². The summed E-state index contributed by atoms with van der Waals surface area (Å²) in [5, 5.41) is 11.7. The van der Waals surface area contributed by atoms with E-state index >= 15 is 0 Å². The van der Waals surface area contributed by atoms with Crippen molar-refractivity contribution in [2.75, 3.05) is 38.7 Å². The van der Waals surface area contributed by atoms with Gasteiger partial charge in [0, 0.05) is 25.5 Å². The highest BCUT2D eigenvalue weighted by atomic mass is 35.5. The Morgan fingerprint density at radius 2 is 2.36 bits per heavy atom. The van der Waals surface area contributed by atoms with Gasteiger partial charge in [-0.15, -0.1) is 11.6 Å². The molecule has 1 aliphatic rings. The van der Waals surface area contributed by atoms with Crippen molar-refractivity contribution in [2.24, 2.45) is 0 Å². The van der Waals surface area contributed by atoms with Gasteiger partial charge in [-0.05, 0) is 6.42 Å². The maximum atomic E-state index is 12.1.